The fourth-order valence-electron chi connectivity index (χ4n) is 0.974. The molecule has 65 valence electrons. The molecule has 0 aliphatic rings. The van der Waals surface area contributed by atoms with E-state index in [1.807, 2.05) is 0 Å². The van der Waals surface area contributed by atoms with Crippen LogP contribution in [0.15, 0.2) is 24.3 Å². The van der Waals surface area contributed by atoms with Crippen LogP contribution >= 0.6 is 0 Å². The van der Waals surface area contributed by atoms with E-state index in [1.54, 1.807) is 24.3 Å². The maximum atomic E-state index is 11.1. The number of aliphatic hydroxyl groups is 1. The summed E-state index contributed by atoms with van der Waals surface area (Å²) in [4.78, 5) is 0. The van der Waals surface area contributed by atoms with E-state index in [4.69, 9.17) is 5.11 Å². The molecule has 0 bridgehead atoms. The van der Waals surface area contributed by atoms with Crippen molar-refractivity contribution < 1.29 is 14.9 Å². The molecular formula is C9H11O3. The molecular weight excluding hydrogens is 156 g/mol. The quantitative estimate of drug-likeness (QED) is 0.689. The molecule has 1 aromatic rings. The third-order valence-electron chi connectivity index (χ3n) is 1.62. The molecule has 1 unspecified atom stereocenters. The Morgan fingerprint density at radius 1 is 1.58 bits per heavy atom. The number of aliphatic hydroxyl groups excluding tert-OH is 1. The van der Waals surface area contributed by atoms with Crippen molar-refractivity contribution in [3.8, 4) is 0 Å². The van der Waals surface area contributed by atoms with E-state index in [1.165, 1.54) is 7.11 Å². The first-order valence-corrected chi connectivity index (χ1v) is 3.66. The largest absolute Gasteiger partial charge is 0.392 e. The predicted octanol–water partition coefficient (Wildman–Crippen LogP) is 1.25. The molecule has 0 heterocycles. The molecule has 0 aromatic heterocycles. The molecule has 1 radical (unpaired) electrons. The summed E-state index contributed by atoms with van der Waals surface area (Å²) >= 11 is 0. The number of hydrogen-bond donors (Lipinski definition) is 1. The first kappa shape index (κ1) is 9.19. The van der Waals surface area contributed by atoms with Crippen LogP contribution in [0.1, 0.15) is 17.4 Å². The summed E-state index contributed by atoms with van der Waals surface area (Å²) in [5.41, 5.74) is 1.27. The predicted molar refractivity (Wildman–Crippen MR) is 42.8 cm³/mol. The first-order chi connectivity index (χ1) is 5.77. The zero-order valence-electron chi connectivity index (χ0n) is 6.86. The van der Waals surface area contributed by atoms with Crippen LogP contribution in [0, 0.1) is 0 Å². The van der Waals surface area contributed by atoms with Crippen molar-refractivity contribution in [1.29, 1.82) is 0 Å². The van der Waals surface area contributed by atoms with Gasteiger partial charge in [-0.1, -0.05) is 18.2 Å². The summed E-state index contributed by atoms with van der Waals surface area (Å²) in [5.74, 6) is 0. The van der Waals surface area contributed by atoms with Crippen molar-refractivity contribution in [1.82, 2.24) is 0 Å². The van der Waals surface area contributed by atoms with E-state index < -0.39 is 6.29 Å². The molecule has 3 nitrogen and oxygen atoms in total. The summed E-state index contributed by atoms with van der Waals surface area (Å²) in [6.07, 6.45) is -1.16. The van der Waals surface area contributed by atoms with Crippen LogP contribution < -0.4 is 0 Å². The topological polar surface area (TPSA) is 49.4 Å². The lowest BCUT2D eigenvalue weighted by molar-refractivity contribution is -0.123. The van der Waals surface area contributed by atoms with Crippen molar-refractivity contribution in [2.45, 2.75) is 12.9 Å². The van der Waals surface area contributed by atoms with E-state index in [0.29, 0.717) is 5.56 Å². The highest BCUT2D eigenvalue weighted by molar-refractivity contribution is 5.23. The molecule has 1 atom stereocenters. The van der Waals surface area contributed by atoms with Gasteiger partial charge >= 0.3 is 0 Å². The minimum atomic E-state index is -1.16. The normalized spacial score (nSPS) is 12.9. The third-order valence-corrected chi connectivity index (χ3v) is 1.62. The molecule has 0 saturated heterocycles. The number of methoxy groups -OCH3 is 1. The second-order valence-corrected chi connectivity index (χ2v) is 2.47. The van der Waals surface area contributed by atoms with E-state index >= 15 is 0 Å². The second kappa shape index (κ2) is 4.21. The molecule has 0 aliphatic heterocycles. The smallest absolute Gasteiger partial charge is 0.217 e. The van der Waals surface area contributed by atoms with Gasteiger partial charge in [-0.2, -0.15) is 5.11 Å². The molecule has 1 aromatic carbocycles. The molecule has 0 amide bonds. The van der Waals surface area contributed by atoms with Crippen LogP contribution in [-0.4, -0.2) is 12.2 Å². The summed E-state index contributed by atoms with van der Waals surface area (Å²) in [7, 11) is 1.36. The summed E-state index contributed by atoms with van der Waals surface area (Å²) in [6.45, 7) is -0.0513. The Morgan fingerprint density at radius 2 is 2.33 bits per heavy atom. The van der Waals surface area contributed by atoms with Gasteiger partial charge in [0, 0.05) is 12.7 Å². The van der Waals surface area contributed by atoms with Crippen LogP contribution in [0.25, 0.3) is 0 Å². The molecule has 1 rings (SSSR count). The van der Waals surface area contributed by atoms with Gasteiger partial charge in [-0.15, -0.1) is 0 Å². The molecule has 0 fully saturated rings. The van der Waals surface area contributed by atoms with Crippen LogP contribution in [-0.2, 0) is 16.5 Å². The van der Waals surface area contributed by atoms with Crippen LogP contribution in [0.3, 0.4) is 0 Å². The minimum absolute atomic E-state index is 0.0513. The van der Waals surface area contributed by atoms with E-state index in [-0.39, 0.29) is 6.61 Å². The Balaban J connectivity index is 2.86. The van der Waals surface area contributed by atoms with E-state index in [0.717, 1.165) is 5.56 Å². The van der Waals surface area contributed by atoms with Crippen LogP contribution in [0.4, 0.5) is 0 Å². The lowest BCUT2D eigenvalue weighted by Gasteiger charge is -2.06. The van der Waals surface area contributed by atoms with Crippen molar-refractivity contribution in [2.75, 3.05) is 7.11 Å². The van der Waals surface area contributed by atoms with Gasteiger partial charge in [0.2, 0.25) is 6.29 Å². The summed E-state index contributed by atoms with van der Waals surface area (Å²) < 4.78 is 4.60. The fourth-order valence-corrected chi connectivity index (χ4v) is 0.974. The average Bonchev–Trinajstić information content (AvgIpc) is 2.17. The lowest BCUT2D eigenvalue weighted by atomic mass is 10.1. The molecule has 0 aliphatic carbocycles. The Bertz CT molecular complexity index is 247. The van der Waals surface area contributed by atoms with Crippen molar-refractivity contribution in [2.24, 2.45) is 0 Å². The van der Waals surface area contributed by atoms with Gasteiger partial charge in [-0.3, -0.25) is 0 Å². The zero-order chi connectivity index (χ0) is 8.97. The van der Waals surface area contributed by atoms with Gasteiger partial charge < -0.3 is 9.84 Å². The zero-order valence-corrected chi connectivity index (χ0v) is 6.86. The summed E-state index contributed by atoms with van der Waals surface area (Å²) in [5, 5.41) is 19.8. The Kier molecular flexibility index (Phi) is 3.22. The number of rotatable bonds is 3. The first-order valence-electron chi connectivity index (χ1n) is 3.66. The monoisotopic (exact) mass is 167 g/mol. The third kappa shape index (κ3) is 2.04. The maximum absolute atomic E-state index is 11.1. The minimum Gasteiger partial charge on any atom is -0.392 e. The van der Waals surface area contributed by atoms with Gasteiger partial charge in [0.25, 0.3) is 0 Å². The fraction of sp³-hybridized carbons (Fsp3) is 0.333. The highest BCUT2D eigenvalue weighted by atomic mass is 16.6. The van der Waals surface area contributed by atoms with Gasteiger partial charge in [-0.25, -0.2) is 0 Å². The molecule has 0 saturated carbocycles. The molecule has 3 heteroatoms. The Hall–Kier alpha value is -0.900. The number of ether oxygens (including phenoxy) is 1. The van der Waals surface area contributed by atoms with E-state index in [2.05, 4.69) is 4.74 Å². The van der Waals surface area contributed by atoms with Gasteiger partial charge in [0.1, 0.15) is 0 Å². The second-order valence-electron chi connectivity index (χ2n) is 2.47. The standard InChI is InChI=1S/C9H11O3/c1-12-9(11)8-4-2-3-7(5-8)6-10/h2-5,9-10H,6H2,1H3. The molecule has 1 N–H and O–H groups in total. The Morgan fingerprint density at radius 3 is 2.92 bits per heavy atom. The van der Waals surface area contributed by atoms with Crippen molar-refractivity contribution in [3.63, 3.8) is 0 Å². The lowest BCUT2D eigenvalue weighted by Crippen LogP contribution is -1.98. The van der Waals surface area contributed by atoms with Gasteiger partial charge in [0.15, 0.2) is 0 Å². The number of hydrogen-bond acceptors (Lipinski definition) is 2. The van der Waals surface area contributed by atoms with Crippen molar-refractivity contribution in [3.05, 3.63) is 35.4 Å². The van der Waals surface area contributed by atoms with Crippen LogP contribution in [0.2, 0.25) is 0 Å². The number of benzene rings is 1. The summed E-state index contributed by atoms with van der Waals surface area (Å²) in [6, 6.07) is 6.80. The van der Waals surface area contributed by atoms with Gasteiger partial charge in [0.05, 0.1) is 6.61 Å². The molecule has 12 heavy (non-hydrogen) atoms. The van der Waals surface area contributed by atoms with Crippen LogP contribution in [0.5, 0.6) is 0 Å². The van der Waals surface area contributed by atoms with Gasteiger partial charge in [-0.05, 0) is 11.6 Å². The van der Waals surface area contributed by atoms with Crippen molar-refractivity contribution >= 4 is 0 Å². The highest BCUT2D eigenvalue weighted by Gasteiger charge is 2.06. The van der Waals surface area contributed by atoms with E-state index in [9.17, 15) is 5.11 Å². The maximum Gasteiger partial charge on any atom is 0.217 e. The molecule has 0 spiro atoms. The average molecular weight is 167 g/mol. The SMILES string of the molecule is COC([O])c1cccc(CO)c1. The Labute approximate surface area is 71.2 Å². The highest BCUT2D eigenvalue weighted by Crippen LogP contribution is 2.15.